The van der Waals surface area contributed by atoms with Crippen molar-refractivity contribution in [1.82, 2.24) is 10.3 Å². The van der Waals surface area contributed by atoms with Crippen LogP contribution in [-0.4, -0.2) is 33.9 Å². The number of nitrogens with one attached hydrogen (secondary N) is 1. The fourth-order valence-electron chi connectivity index (χ4n) is 1.35. The maximum Gasteiger partial charge on any atom is 0.288 e. The Morgan fingerprint density at radius 1 is 1.68 bits per heavy atom. The van der Waals surface area contributed by atoms with Crippen LogP contribution >= 0.6 is 11.8 Å². The van der Waals surface area contributed by atoms with Gasteiger partial charge in [0.05, 0.1) is 10.5 Å². The van der Waals surface area contributed by atoms with Gasteiger partial charge in [-0.2, -0.15) is 11.8 Å². The Balaban J connectivity index is 2.71. The highest BCUT2D eigenvalue weighted by Crippen LogP contribution is 2.16. The third-order valence-electron chi connectivity index (χ3n) is 2.60. The van der Waals surface area contributed by atoms with Gasteiger partial charge in [0, 0.05) is 17.9 Å². The molecule has 1 aromatic heterocycles. The van der Waals surface area contributed by atoms with E-state index in [1.54, 1.807) is 11.8 Å². The molecule has 0 aromatic carbocycles. The summed E-state index contributed by atoms with van der Waals surface area (Å²) >= 11 is 1.70. The van der Waals surface area contributed by atoms with Gasteiger partial charge in [0.15, 0.2) is 0 Å². The molecule has 1 unspecified atom stereocenters. The summed E-state index contributed by atoms with van der Waals surface area (Å²) in [7, 11) is 0. The lowest BCUT2D eigenvalue weighted by Gasteiger charge is -2.09. The number of rotatable bonds is 6. The largest absolute Gasteiger partial charge is 0.383 e. The molecule has 0 aliphatic rings. The number of thioether (sulfide) groups is 1. The number of nitrogens with two attached hydrogens (primary N) is 1. The molecule has 0 aliphatic carbocycles. The molecule has 19 heavy (non-hydrogen) atoms. The van der Waals surface area contributed by atoms with Crippen molar-refractivity contribution in [2.24, 2.45) is 0 Å². The van der Waals surface area contributed by atoms with Crippen molar-refractivity contribution in [3.63, 3.8) is 0 Å². The molecule has 0 spiro atoms. The topological polar surface area (TPSA) is 111 Å². The van der Waals surface area contributed by atoms with Gasteiger partial charge in [-0.3, -0.25) is 14.9 Å². The van der Waals surface area contributed by atoms with Gasteiger partial charge in [-0.25, -0.2) is 4.98 Å². The van der Waals surface area contributed by atoms with Gasteiger partial charge in [0.1, 0.15) is 12.0 Å². The van der Waals surface area contributed by atoms with Gasteiger partial charge in [0.2, 0.25) is 0 Å². The van der Waals surface area contributed by atoms with Gasteiger partial charge in [-0.05, 0) is 12.7 Å². The summed E-state index contributed by atoms with van der Waals surface area (Å²) in [5, 5.41) is 13.7. The van der Waals surface area contributed by atoms with Crippen molar-refractivity contribution in [2.75, 3.05) is 18.5 Å². The van der Waals surface area contributed by atoms with Crippen molar-refractivity contribution < 1.29 is 9.72 Å². The second-order valence-electron chi connectivity index (χ2n) is 3.97. The summed E-state index contributed by atoms with van der Waals surface area (Å²) in [6, 6.07) is 1.13. The molecule has 7 nitrogen and oxygen atoms in total. The highest BCUT2D eigenvalue weighted by Gasteiger charge is 2.16. The lowest BCUT2D eigenvalue weighted by atomic mass is 10.2. The van der Waals surface area contributed by atoms with Crippen LogP contribution in [0.4, 0.5) is 11.5 Å². The van der Waals surface area contributed by atoms with Gasteiger partial charge in [0.25, 0.3) is 11.6 Å². The number of hydrogen-bond acceptors (Lipinski definition) is 6. The summed E-state index contributed by atoms with van der Waals surface area (Å²) in [6.45, 7) is 2.54. The van der Waals surface area contributed by atoms with E-state index in [9.17, 15) is 14.9 Å². The van der Waals surface area contributed by atoms with Crippen molar-refractivity contribution in [1.29, 1.82) is 0 Å². The molecule has 1 rings (SSSR count). The molecule has 1 aromatic rings. The third kappa shape index (κ3) is 4.40. The van der Waals surface area contributed by atoms with Crippen molar-refractivity contribution in [2.45, 2.75) is 18.6 Å². The lowest BCUT2D eigenvalue weighted by molar-refractivity contribution is -0.385. The van der Waals surface area contributed by atoms with Gasteiger partial charge >= 0.3 is 0 Å². The summed E-state index contributed by atoms with van der Waals surface area (Å²) < 4.78 is 0. The number of nitrogen functional groups attached to an aromatic ring is 1. The molecule has 1 heterocycles. The molecule has 1 atom stereocenters. The van der Waals surface area contributed by atoms with E-state index < -0.39 is 10.8 Å². The normalized spacial score (nSPS) is 11.9. The first-order valence-electron chi connectivity index (χ1n) is 5.66. The van der Waals surface area contributed by atoms with Gasteiger partial charge < -0.3 is 11.1 Å². The molecule has 0 bridgehead atoms. The Labute approximate surface area is 115 Å². The van der Waals surface area contributed by atoms with Crippen LogP contribution < -0.4 is 11.1 Å². The smallest absolute Gasteiger partial charge is 0.288 e. The molecular weight excluding hydrogens is 268 g/mol. The van der Waals surface area contributed by atoms with E-state index in [4.69, 9.17) is 5.73 Å². The number of nitrogens with zero attached hydrogens (tertiary/aromatic N) is 2. The van der Waals surface area contributed by atoms with Crippen LogP contribution in [0.3, 0.4) is 0 Å². The first-order chi connectivity index (χ1) is 8.95. The molecule has 0 fully saturated rings. The fourth-order valence-corrected chi connectivity index (χ4v) is 1.70. The molecule has 0 saturated heterocycles. The number of carbonyl (C=O) groups excluding carboxylic acids is 1. The minimum Gasteiger partial charge on any atom is -0.383 e. The Kier molecular flexibility index (Phi) is 5.56. The van der Waals surface area contributed by atoms with Crippen LogP contribution in [0.2, 0.25) is 0 Å². The molecule has 0 aliphatic heterocycles. The minimum absolute atomic E-state index is 0.0129. The lowest BCUT2D eigenvalue weighted by Crippen LogP contribution is -2.27. The van der Waals surface area contributed by atoms with Crippen LogP contribution in [-0.2, 0) is 0 Å². The quantitative estimate of drug-likeness (QED) is 0.604. The Hall–Kier alpha value is -1.83. The summed E-state index contributed by atoms with van der Waals surface area (Å²) in [4.78, 5) is 25.5. The fraction of sp³-hybridized carbons (Fsp3) is 0.455. The Morgan fingerprint density at radius 2 is 2.37 bits per heavy atom. The molecule has 0 radical (unpaired) electrons. The third-order valence-corrected chi connectivity index (χ3v) is 3.64. The molecule has 0 saturated carbocycles. The van der Waals surface area contributed by atoms with E-state index in [-0.39, 0.29) is 17.1 Å². The molecule has 1 amide bonds. The number of hydrogen-bond donors (Lipinski definition) is 2. The van der Waals surface area contributed by atoms with E-state index >= 15 is 0 Å². The van der Waals surface area contributed by atoms with Gasteiger partial charge in [-0.15, -0.1) is 0 Å². The Bertz CT molecular complexity index is 481. The first kappa shape index (κ1) is 15.2. The van der Waals surface area contributed by atoms with Crippen LogP contribution in [0.25, 0.3) is 0 Å². The van der Waals surface area contributed by atoms with Crippen LogP contribution in [0.5, 0.6) is 0 Å². The van der Waals surface area contributed by atoms with E-state index in [0.717, 1.165) is 18.7 Å². The SMILES string of the molecule is CSC(C)CCNC(=O)c1cc([N+](=O)[O-])cnc1N. The average molecular weight is 284 g/mol. The minimum atomic E-state index is -0.612. The van der Waals surface area contributed by atoms with Gasteiger partial charge in [-0.1, -0.05) is 6.92 Å². The summed E-state index contributed by atoms with van der Waals surface area (Å²) in [6.07, 6.45) is 3.84. The van der Waals surface area contributed by atoms with E-state index in [1.165, 1.54) is 0 Å². The molecular formula is C11H16N4O3S. The Morgan fingerprint density at radius 3 is 2.95 bits per heavy atom. The highest BCUT2D eigenvalue weighted by atomic mass is 32.2. The van der Waals surface area contributed by atoms with E-state index in [1.807, 2.05) is 6.26 Å². The zero-order chi connectivity index (χ0) is 14.4. The number of aromatic nitrogens is 1. The number of pyridine rings is 1. The average Bonchev–Trinajstić information content (AvgIpc) is 2.38. The number of amides is 1. The van der Waals surface area contributed by atoms with Crippen LogP contribution in [0, 0.1) is 10.1 Å². The zero-order valence-corrected chi connectivity index (χ0v) is 11.6. The first-order valence-corrected chi connectivity index (χ1v) is 6.95. The van der Waals surface area contributed by atoms with Crippen molar-refractivity contribution in [3.8, 4) is 0 Å². The predicted octanol–water partition coefficient (Wildman–Crippen LogP) is 1.44. The standard InChI is InChI=1S/C11H16N4O3S/c1-7(19-2)3-4-13-11(16)9-5-8(15(17)18)6-14-10(9)12/h5-7H,3-4H2,1-2H3,(H2,12,14)(H,13,16). The van der Waals surface area contributed by atoms with E-state index in [0.29, 0.717) is 11.8 Å². The van der Waals surface area contributed by atoms with E-state index in [2.05, 4.69) is 17.2 Å². The van der Waals surface area contributed by atoms with Crippen LogP contribution in [0.15, 0.2) is 12.3 Å². The molecule has 3 N–H and O–H groups in total. The predicted molar refractivity (Wildman–Crippen MR) is 75.2 cm³/mol. The summed E-state index contributed by atoms with van der Waals surface area (Å²) in [5.41, 5.74) is 5.33. The molecule has 104 valence electrons. The monoisotopic (exact) mass is 284 g/mol. The number of anilines is 1. The zero-order valence-electron chi connectivity index (χ0n) is 10.8. The second kappa shape index (κ2) is 6.93. The number of nitro groups is 1. The van der Waals surface area contributed by atoms with Crippen LogP contribution in [0.1, 0.15) is 23.7 Å². The maximum absolute atomic E-state index is 11.8. The highest BCUT2D eigenvalue weighted by molar-refractivity contribution is 7.99. The maximum atomic E-state index is 11.8. The number of carbonyl (C=O) groups is 1. The summed E-state index contributed by atoms with van der Waals surface area (Å²) in [5.74, 6) is -0.456. The molecule has 8 heteroatoms. The van der Waals surface area contributed by atoms with Crippen molar-refractivity contribution >= 4 is 29.2 Å². The second-order valence-corrected chi connectivity index (χ2v) is 5.25. The van der Waals surface area contributed by atoms with Crippen molar-refractivity contribution in [3.05, 3.63) is 27.9 Å².